The third-order valence-electron chi connectivity index (χ3n) is 5.76. The first-order valence-electron chi connectivity index (χ1n) is 11.7. The molecule has 1 atom stereocenters. The van der Waals surface area contributed by atoms with Crippen LogP contribution < -0.4 is 5.69 Å². The molecule has 0 radical (unpaired) electrons. The number of carbonyl (C=O) groups is 2. The number of halogens is 1. The number of hydrogen-bond donors (Lipinski definition) is 0. The van der Waals surface area contributed by atoms with Gasteiger partial charge in [0.1, 0.15) is 0 Å². The van der Waals surface area contributed by atoms with Gasteiger partial charge in [-0.2, -0.15) is 0 Å². The Morgan fingerprint density at radius 3 is 2.46 bits per heavy atom. The van der Waals surface area contributed by atoms with E-state index in [4.69, 9.17) is 4.74 Å². The van der Waals surface area contributed by atoms with Gasteiger partial charge >= 0.3 is 11.7 Å². The lowest BCUT2D eigenvalue weighted by molar-refractivity contribution is -0.144. The summed E-state index contributed by atoms with van der Waals surface area (Å²) in [5, 5.41) is -0.0797. The van der Waals surface area contributed by atoms with Crippen molar-refractivity contribution in [2.45, 2.75) is 57.5 Å². The summed E-state index contributed by atoms with van der Waals surface area (Å²) in [7, 11) is 3.44. The average molecular weight is 563 g/mol. The lowest BCUT2D eigenvalue weighted by atomic mass is 10.1. The predicted octanol–water partition coefficient (Wildman–Crippen LogP) is 5.99. The van der Waals surface area contributed by atoms with Gasteiger partial charge in [0.15, 0.2) is 0 Å². The minimum absolute atomic E-state index is 0.0797. The number of thioether (sulfide) groups is 1. The second-order valence-electron chi connectivity index (χ2n) is 8.65. The number of imidazole rings is 1. The summed E-state index contributed by atoms with van der Waals surface area (Å²) in [6, 6.07) is 11.3. The molecule has 0 N–H and O–H groups in total. The van der Waals surface area contributed by atoms with E-state index in [2.05, 4.69) is 15.9 Å². The molecule has 0 aliphatic rings. The van der Waals surface area contributed by atoms with Crippen LogP contribution in [-0.2, 0) is 16.1 Å². The summed E-state index contributed by atoms with van der Waals surface area (Å²) in [5.41, 5.74) is 3.22. The first kappa shape index (κ1) is 27.1. The molecule has 1 amide bonds. The van der Waals surface area contributed by atoms with Gasteiger partial charge in [0, 0.05) is 29.5 Å². The third kappa shape index (κ3) is 6.19. The van der Waals surface area contributed by atoms with Gasteiger partial charge in [-0.3, -0.25) is 18.7 Å². The van der Waals surface area contributed by atoms with Crippen molar-refractivity contribution in [2.75, 3.05) is 20.7 Å². The molecular weight excluding hydrogens is 530 g/mol. The summed E-state index contributed by atoms with van der Waals surface area (Å²) in [5.74, 6) is -0.307. The van der Waals surface area contributed by atoms with Crippen molar-refractivity contribution in [3.05, 3.63) is 62.5 Å². The number of rotatable bonds is 9. The Labute approximate surface area is 218 Å². The molecule has 35 heavy (non-hydrogen) atoms. The SMILES string of the molecule is CCC[C@@H](CC(=O)OCC)n1c(=O)n(Cc2cc(Br)cc(C)c2SC(=O)N(C)C)c2ccccc21. The maximum absolute atomic E-state index is 13.8. The minimum Gasteiger partial charge on any atom is -0.466 e. The number of fused-ring (bicyclic) bond motifs is 1. The molecule has 188 valence electrons. The van der Waals surface area contributed by atoms with Crippen LogP contribution in [0.25, 0.3) is 11.0 Å². The van der Waals surface area contributed by atoms with Gasteiger partial charge < -0.3 is 9.64 Å². The van der Waals surface area contributed by atoms with E-state index in [1.54, 1.807) is 35.1 Å². The van der Waals surface area contributed by atoms with E-state index >= 15 is 0 Å². The molecule has 0 fully saturated rings. The largest absolute Gasteiger partial charge is 0.466 e. The average Bonchev–Trinajstić information content (AvgIpc) is 3.07. The van der Waals surface area contributed by atoms with Crippen molar-refractivity contribution < 1.29 is 14.3 Å². The number of ether oxygens (including phenoxy) is 1. The van der Waals surface area contributed by atoms with Gasteiger partial charge in [-0.05, 0) is 67.4 Å². The number of esters is 1. The first-order chi connectivity index (χ1) is 16.7. The van der Waals surface area contributed by atoms with Gasteiger partial charge in [-0.25, -0.2) is 4.79 Å². The number of para-hydroxylation sites is 2. The predicted molar refractivity (Wildman–Crippen MR) is 144 cm³/mol. The molecule has 0 aliphatic carbocycles. The lowest BCUT2D eigenvalue weighted by Gasteiger charge is -2.17. The first-order valence-corrected chi connectivity index (χ1v) is 13.3. The molecule has 2 aromatic carbocycles. The maximum atomic E-state index is 13.8. The van der Waals surface area contributed by atoms with Crippen molar-refractivity contribution >= 4 is 49.9 Å². The quantitative estimate of drug-likeness (QED) is 0.237. The van der Waals surface area contributed by atoms with Gasteiger partial charge in [-0.1, -0.05) is 41.4 Å². The van der Waals surface area contributed by atoms with E-state index in [1.807, 2.05) is 50.2 Å². The highest BCUT2D eigenvalue weighted by Crippen LogP contribution is 2.33. The summed E-state index contributed by atoms with van der Waals surface area (Å²) in [6.45, 7) is 6.39. The molecule has 1 heterocycles. The molecule has 7 nitrogen and oxygen atoms in total. The van der Waals surface area contributed by atoms with Gasteiger partial charge in [-0.15, -0.1) is 0 Å². The van der Waals surface area contributed by atoms with Crippen LogP contribution in [0.4, 0.5) is 4.79 Å². The van der Waals surface area contributed by atoms with Gasteiger partial charge in [0.05, 0.1) is 30.6 Å². The van der Waals surface area contributed by atoms with E-state index in [9.17, 15) is 14.4 Å². The van der Waals surface area contributed by atoms with Gasteiger partial charge in [0.25, 0.3) is 5.24 Å². The Bertz CT molecular complexity index is 1280. The summed E-state index contributed by atoms with van der Waals surface area (Å²) < 4.78 is 9.54. The third-order valence-corrected chi connectivity index (χ3v) is 7.55. The highest BCUT2D eigenvalue weighted by atomic mass is 79.9. The van der Waals surface area contributed by atoms with Crippen LogP contribution in [0.2, 0.25) is 0 Å². The van der Waals surface area contributed by atoms with Crippen LogP contribution in [0, 0.1) is 6.92 Å². The van der Waals surface area contributed by atoms with E-state index < -0.39 is 0 Å². The number of hydrogen-bond acceptors (Lipinski definition) is 5. The number of amides is 1. The highest BCUT2D eigenvalue weighted by molar-refractivity contribution is 9.10. The Balaban J connectivity index is 2.14. The van der Waals surface area contributed by atoms with E-state index in [-0.39, 0.29) is 29.4 Å². The van der Waals surface area contributed by atoms with E-state index in [0.29, 0.717) is 19.6 Å². The van der Waals surface area contributed by atoms with Gasteiger partial charge in [0.2, 0.25) is 0 Å². The normalized spacial score (nSPS) is 12.1. The monoisotopic (exact) mass is 561 g/mol. The van der Waals surface area contributed by atoms with Crippen LogP contribution >= 0.6 is 27.7 Å². The maximum Gasteiger partial charge on any atom is 0.329 e. The fraction of sp³-hybridized carbons (Fsp3) is 0.423. The van der Waals surface area contributed by atoms with Crippen molar-refractivity contribution in [2.24, 2.45) is 0 Å². The molecule has 0 saturated carbocycles. The fourth-order valence-electron chi connectivity index (χ4n) is 4.22. The van der Waals surface area contributed by atoms with Crippen molar-refractivity contribution in [1.82, 2.24) is 14.0 Å². The Morgan fingerprint density at radius 1 is 1.14 bits per heavy atom. The standard InChI is InChI=1S/C26H32BrN3O4S/c1-6-10-20(15-23(31)34-7-2)30-22-12-9-8-11-21(22)29(25(30)32)16-18-14-19(27)13-17(3)24(18)35-26(33)28(4)5/h8-9,11-14,20H,6-7,10,15-16H2,1-5H3/t20-/m0/s1. The molecule has 3 aromatic rings. The molecule has 0 unspecified atom stereocenters. The van der Waals surface area contributed by atoms with Crippen molar-refractivity contribution in [1.29, 1.82) is 0 Å². The zero-order valence-electron chi connectivity index (χ0n) is 20.8. The summed E-state index contributed by atoms with van der Waals surface area (Å²) in [6.07, 6.45) is 1.65. The Hall–Kier alpha value is -2.52. The molecule has 0 saturated heterocycles. The van der Waals surface area contributed by atoms with Crippen LogP contribution in [0.5, 0.6) is 0 Å². The summed E-state index contributed by atoms with van der Waals surface area (Å²) in [4.78, 5) is 41.1. The molecule has 0 bridgehead atoms. The Morgan fingerprint density at radius 2 is 1.83 bits per heavy atom. The van der Waals surface area contributed by atoms with Crippen LogP contribution in [0.15, 0.2) is 50.6 Å². The fourth-order valence-corrected chi connectivity index (χ4v) is 5.67. The van der Waals surface area contributed by atoms with Crippen LogP contribution in [-0.4, -0.2) is 45.9 Å². The molecule has 3 rings (SSSR count). The number of benzene rings is 2. The highest BCUT2D eigenvalue weighted by Gasteiger charge is 2.24. The zero-order chi connectivity index (χ0) is 25.7. The van der Waals surface area contributed by atoms with Crippen LogP contribution in [0.3, 0.4) is 0 Å². The molecule has 0 spiro atoms. The van der Waals surface area contributed by atoms with E-state index in [1.165, 1.54) is 0 Å². The van der Waals surface area contributed by atoms with Crippen LogP contribution in [0.1, 0.15) is 50.3 Å². The minimum atomic E-state index is -0.307. The van der Waals surface area contributed by atoms with E-state index in [0.717, 1.165) is 49.7 Å². The molecule has 9 heteroatoms. The molecular formula is C26H32BrN3O4S. The topological polar surface area (TPSA) is 73.5 Å². The van der Waals surface area contributed by atoms with Crippen molar-refractivity contribution in [3.63, 3.8) is 0 Å². The second-order valence-corrected chi connectivity index (χ2v) is 10.5. The summed E-state index contributed by atoms with van der Waals surface area (Å²) >= 11 is 4.73. The number of carbonyl (C=O) groups excluding carboxylic acids is 2. The second kappa shape index (κ2) is 11.9. The van der Waals surface area contributed by atoms with Crippen molar-refractivity contribution in [3.8, 4) is 0 Å². The molecule has 1 aromatic heterocycles. The smallest absolute Gasteiger partial charge is 0.329 e. The number of aryl methyl sites for hydroxylation is 1. The number of nitrogens with zero attached hydrogens (tertiary/aromatic N) is 3. The zero-order valence-corrected chi connectivity index (χ0v) is 23.2. The molecule has 0 aliphatic heterocycles. The lowest BCUT2D eigenvalue weighted by Crippen LogP contribution is -2.29. The Kier molecular flexibility index (Phi) is 9.24. The number of aromatic nitrogens is 2.